The molecule has 0 aliphatic heterocycles. The predicted octanol–water partition coefficient (Wildman–Crippen LogP) is 1.63. The number of hydrogen-bond donors (Lipinski definition) is 0. The van der Waals surface area contributed by atoms with Crippen LogP contribution in [-0.4, -0.2) is 0 Å². The van der Waals surface area contributed by atoms with Crippen LogP contribution < -0.4 is 0 Å². The van der Waals surface area contributed by atoms with E-state index < -0.39 is 0 Å². The molecule has 0 spiro atoms. The van der Waals surface area contributed by atoms with Gasteiger partial charge in [-0.15, -0.1) is 0 Å². The Labute approximate surface area is 32.7 Å². The Morgan fingerprint density at radius 1 is 1.75 bits per heavy atom. The van der Waals surface area contributed by atoms with Crippen molar-refractivity contribution in [3.8, 4) is 5.63 Å². The van der Waals surface area contributed by atoms with Gasteiger partial charge in [-0.3, -0.25) is 0 Å². The Kier molecular flexibility index (Phi) is 3.94. The van der Waals surface area contributed by atoms with Gasteiger partial charge in [0.1, 0.15) is 0 Å². The minimum atomic E-state index is 2.02. The summed E-state index contributed by atoms with van der Waals surface area (Å²) in [6.45, 7) is 0. The van der Waals surface area contributed by atoms with Crippen molar-refractivity contribution < 1.29 is 0 Å². The average molecular weight is 90.4 g/mol. The van der Waals surface area contributed by atoms with E-state index in [1.165, 1.54) is 0 Å². The Morgan fingerprint density at radius 2 is 2.00 bits per heavy atom. The van der Waals surface area contributed by atoms with Gasteiger partial charge in [-0.05, 0) is 0 Å². The zero-order valence-electron chi connectivity index (χ0n) is 1.83. The van der Waals surface area contributed by atoms with E-state index in [1.807, 2.05) is 5.88 Å². The summed E-state index contributed by atoms with van der Waals surface area (Å²) in [5.74, 6) is 2.02. The molecule has 0 aliphatic carbocycles. The summed E-state index contributed by atoms with van der Waals surface area (Å²) in [6.07, 6.45) is 0. The van der Waals surface area contributed by atoms with Gasteiger partial charge in [-0.1, -0.05) is 0 Å². The van der Waals surface area contributed by atoms with Crippen molar-refractivity contribution in [2.45, 2.75) is 0 Å². The normalized spacial score (nSPS) is 5.00. The third kappa shape index (κ3) is 2.50. The molecule has 0 heterocycles. The number of rotatable bonds is 0. The van der Waals surface area contributed by atoms with Crippen LogP contribution in [0, 0.1) is 11.5 Å². The van der Waals surface area contributed by atoms with E-state index in [1.54, 1.807) is 0 Å². The van der Waals surface area contributed by atoms with E-state index >= 15 is 0 Å². The van der Waals surface area contributed by atoms with Crippen molar-refractivity contribution in [3.63, 3.8) is 0 Å². The van der Waals surface area contributed by atoms with Crippen LogP contribution in [0.5, 0.6) is 0 Å². The first kappa shape index (κ1) is 4.50. The van der Waals surface area contributed by atoms with Crippen molar-refractivity contribution in [1.29, 1.82) is 0 Å². The molecule has 2 heteroatoms. The standard InChI is InChI=1S/C2ClP/c3-1-2-4. The molecule has 0 fully saturated rings. The predicted molar refractivity (Wildman–Crippen MR) is 19.9 cm³/mol. The maximum atomic E-state index is 4.75. The quantitative estimate of drug-likeness (QED) is 0.397. The zero-order chi connectivity index (χ0) is 3.41. The van der Waals surface area contributed by atoms with Gasteiger partial charge in [-0.25, -0.2) is 0 Å². The topological polar surface area (TPSA) is 0 Å². The van der Waals surface area contributed by atoms with Crippen LogP contribution in [0.4, 0.5) is 0 Å². The molecule has 0 aromatic rings. The summed E-state index contributed by atoms with van der Waals surface area (Å²) in [4.78, 5) is 0. The Bertz CT molecular complexity index is 35.8. The van der Waals surface area contributed by atoms with Gasteiger partial charge in [0, 0.05) is 0 Å². The molecule has 0 atom stereocenters. The SMILES string of the molecule is P#C[C]Cl. The van der Waals surface area contributed by atoms with Gasteiger partial charge < -0.3 is 0 Å². The molecule has 0 nitrogen and oxygen atoms in total. The molecule has 0 unspecified atom stereocenters. The van der Waals surface area contributed by atoms with Gasteiger partial charge in [0.25, 0.3) is 0 Å². The molecule has 0 bridgehead atoms. The molecule has 0 amide bonds. The second-order valence-corrected chi connectivity index (χ2v) is 0.619. The van der Waals surface area contributed by atoms with E-state index in [-0.39, 0.29) is 0 Å². The molecule has 2 radical (unpaired) electrons. The fraction of sp³-hybridized carbons (Fsp3) is 0. The van der Waals surface area contributed by atoms with Crippen molar-refractivity contribution in [1.82, 2.24) is 0 Å². The zero-order valence-corrected chi connectivity index (χ0v) is 3.48. The Hall–Kier alpha value is 0.500. The Morgan fingerprint density at radius 3 is 2.00 bits per heavy atom. The van der Waals surface area contributed by atoms with Crippen LogP contribution in [0.1, 0.15) is 0 Å². The molecule has 0 aliphatic rings. The summed E-state index contributed by atoms with van der Waals surface area (Å²) in [7, 11) is 3.43. The molecule has 0 N–H and O–H groups in total. The molecule has 0 aromatic heterocycles. The first-order valence-electron chi connectivity index (χ1n) is 0.663. The second kappa shape index (κ2) is 3.50. The fourth-order valence-corrected chi connectivity index (χ4v) is 0. The van der Waals surface area contributed by atoms with Crippen molar-refractivity contribution in [3.05, 3.63) is 5.88 Å². The van der Waals surface area contributed by atoms with Crippen LogP contribution in [0.15, 0.2) is 0 Å². The van der Waals surface area contributed by atoms with Crippen molar-refractivity contribution in [2.75, 3.05) is 0 Å². The van der Waals surface area contributed by atoms with E-state index in [4.69, 9.17) is 11.6 Å². The minimum absolute atomic E-state index is 2.02. The van der Waals surface area contributed by atoms with Gasteiger partial charge in [-0.2, -0.15) is 0 Å². The molecule has 20 valence electrons. The second-order valence-electron chi connectivity index (χ2n) is 0.206. The molecule has 0 rings (SSSR count). The van der Waals surface area contributed by atoms with E-state index in [0.29, 0.717) is 0 Å². The van der Waals surface area contributed by atoms with Gasteiger partial charge in [0.15, 0.2) is 0 Å². The average Bonchev–Trinajstić information content (AvgIpc) is 1.37. The van der Waals surface area contributed by atoms with Crippen LogP contribution in [-0.2, 0) is 0 Å². The summed E-state index contributed by atoms with van der Waals surface area (Å²) in [5, 5.41) is 0. The van der Waals surface area contributed by atoms with E-state index in [0.717, 1.165) is 0 Å². The van der Waals surface area contributed by atoms with Gasteiger partial charge in [0.05, 0.1) is 0 Å². The summed E-state index contributed by atoms with van der Waals surface area (Å²) in [6, 6.07) is 0. The van der Waals surface area contributed by atoms with Crippen LogP contribution >= 0.6 is 20.3 Å². The van der Waals surface area contributed by atoms with Crippen LogP contribution in [0.3, 0.4) is 0 Å². The van der Waals surface area contributed by atoms with Crippen LogP contribution in [0.2, 0.25) is 0 Å². The van der Waals surface area contributed by atoms with Crippen molar-refractivity contribution >= 4 is 20.3 Å². The third-order valence-electron chi connectivity index (χ3n) is 0.0423. The summed E-state index contributed by atoms with van der Waals surface area (Å²) in [5.41, 5.74) is 2.14. The van der Waals surface area contributed by atoms with Gasteiger partial charge >= 0.3 is 31.8 Å². The molecular weight excluding hydrogens is 90.4 g/mol. The van der Waals surface area contributed by atoms with Crippen molar-refractivity contribution in [2.24, 2.45) is 0 Å². The van der Waals surface area contributed by atoms with E-state index in [9.17, 15) is 0 Å². The first-order valence-corrected chi connectivity index (χ1v) is 1.49. The molecule has 4 heavy (non-hydrogen) atoms. The van der Waals surface area contributed by atoms with E-state index in [2.05, 4.69) is 14.3 Å². The fourth-order valence-electron chi connectivity index (χ4n) is 0. The number of halogens is 1. The molecule has 0 aromatic carbocycles. The number of hydrogen-bond acceptors (Lipinski definition) is 0. The van der Waals surface area contributed by atoms with Gasteiger partial charge in [0.2, 0.25) is 0 Å². The molecule has 0 saturated heterocycles. The molecule has 0 saturated carbocycles. The first-order chi connectivity index (χ1) is 1.91. The third-order valence-corrected chi connectivity index (χ3v) is 0.380. The maximum absolute atomic E-state index is 4.75. The monoisotopic (exact) mass is 89.9 g/mol. The Balaban J connectivity index is 2.43. The summed E-state index contributed by atoms with van der Waals surface area (Å²) >= 11 is 4.75. The molecular formula is C2ClP. The van der Waals surface area contributed by atoms with Crippen LogP contribution in [0.25, 0.3) is 0 Å². The summed E-state index contributed by atoms with van der Waals surface area (Å²) < 4.78 is 0.